The monoisotopic (exact) mass is 416 g/mol. The van der Waals surface area contributed by atoms with Crippen LogP contribution in [0.25, 0.3) is 5.69 Å². The molecule has 9 heteroatoms. The van der Waals surface area contributed by atoms with Crippen LogP contribution in [-0.4, -0.2) is 42.0 Å². The Morgan fingerprint density at radius 3 is 2.52 bits per heavy atom. The van der Waals surface area contributed by atoms with Crippen molar-refractivity contribution in [1.82, 2.24) is 14.1 Å². The van der Waals surface area contributed by atoms with Crippen LogP contribution in [0, 0.1) is 5.82 Å². The van der Waals surface area contributed by atoms with E-state index in [-0.39, 0.29) is 23.8 Å². The summed E-state index contributed by atoms with van der Waals surface area (Å²) < 4.78 is 40.7. The summed E-state index contributed by atoms with van der Waals surface area (Å²) >= 11 is 0. The molecule has 0 aliphatic carbocycles. The molecule has 1 heterocycles. The minimum absolute atomic E-state index is 0.0131. The van der Waals surface area contributed by atoms with Gasteiger partial charge in [-0.15, -0.1) is 0 Å². The Labute approximate surface area is 168 Å². The van der Waals surface area contributed by atoms with Crippen molar-refractivity contribution in [3.63, 3.8) is 0 Å². The van der Waals surface area contributed by atoms with Crippen molar-refractivity contribution in [3.8, 4) is 5.69 Å². The molecule has 0 spiro atoms. The highest BCUT2D eigenvalue weighted by Gasteiger charge is 2.20. The molecule has 152 valence electrons. The van der Waals surface area contributed by atoms with Gasteiger partial charge in [-0.1, -0.05) is 18.2 Å². The smallest absolute Gasteiger partial charge is 0.242 e. The van der Waals surface area contributed by atoms with Gasteiger partial charge in [0.15, 0.2) is 0 Å². The van der Waals surface area contributed by atoms with E-state index in [1.54, 1.807) is 17.1 Å². The molecule has 1 N–H and O–H groups in total. The highest BCUT2D eigenvalue weighted by atomic mass is 32.2. The summed E-state index contributed by atoms with van der Waals surface area (Å²) in [6.07, 6.45) is 3.75. The summed E-state index contributed by atoms with van der Waals surface area (Å²) in [5.74, 6) is -0.732. The molecule has 3 rings (SSSR count). The fourth-order valence-corrected chi connectivity index (χ4v) is 3.91. The zero-order valence-electron chi connectivity index (χ0n) is 15.8. The predicted octanol–water partition coefficient (Wildman–Crippen LogP) is 3.05. The number of halogens is 1. The molecular formula is C20H21FN4O3S. The number of benzene rings is 2. The normalized spacial score (nSPS) is 11.6. The molecule has 0 aliphatic heterocycles. The van der Waals surface area contributed by atoms with E-state index in [1.165, 1.54) is 19.2 Å². The Balaban J connectivity index is 1.50. The number of nitrogens with one attached hydrogen (secondary N) is 1. The van der Waals surface area contributed by atoms with Gasteiger partial charge in [-0.05, 0) is 42.8 Å². The van der Waals surface area contributed by atoms with Crippen molar-refractivity contribution in [2.75, 3.05) is 18.9 Å². The van der Waals surface area contributed by atoms with E-state index in [4.69, 9.17) is 0 Å². The van der Waals surface area contributed by atoms with E-state index in [0.29, 0.717) is 12.1 Å². The zero-order chi connectivity index (χ0) is 20.9. The van der Waals surface area contributed by atoms with Gasteiger partial charge in [0.25, 0.3) is 0 Å². The van der Waals surface area contributed by atoms with Crippen LogP contribution in [0.2, 0.25) is 0 Å². The summed E-state index contributed by atoms with van der Waals surface area (Å²) in [6, 6.07) is 14.1. The number of rotatable bonds is 8. The fourth-order valence-electron chi connectivity index (χ4n) is 2.70. The highest BCUT2D eigenvalue weighted by molar-refractivity contribution is 7.89. The third-order valence-corrected chi connectivity index (χ3v) is 6.16. The van der Waals surface area contributed by atoms with Crippen LogP contribution in [0.4, 0.5) is 10.1 Å². The van der Waals surface area contributed by atoms with Crippen molar-refractivity contribution >= 4 is 21.6 Å². The van der Waals surface area contributed by atoms with Crippen LogP contribution in [0.5, 0.6) is 0 Å². The third-order valence-electron chi connectivity index (χ3n) is 4.29. The SMILES string of the molecule is CN(CCCC(=O)Nc1cnn(-c2ccccc2)c1)S(=O)(=O)c1ccc(F)cc1. The van der Waals surface area contributed by atoms with Gasteiger partial charge in [-0.25, -0.2) is 21.8 Å². The number of hydrogen-bond donors (Lipinski definition) is 1. The van der Waals surface area contributed by atoms with Gasteiger partial charge in [-0.2, -0.15) is 5.10 Å². The Hall–Kier alpha value is -3.04. The Morgan fingerprint density at radius 2 is 1.83 bits per heavy atom. The van der Waals surface area contributed by atoms with E-state index >= 15 is 0 Å². The molecule has 7 nitrogen and oxygen atoms in total. The van der Waals surface area contributed by atoms with E-state index in [2.05, 4.69) is 10.4 Å². The van der Waals surface area contributed by atoms with Gasteiger partial charge >= 0.3 is 0 Å². The van der Waals surface area contributed by atoms with Crippen LogP contribution in [0.3, 0.4) is 0 Å². The largest absolute Gasteiger partial charge is 0.323 e. The highest BCUT2D eigenvalue weighted by Crippen LogP contribution is 2.16. The summed E-state index contributed by atoms with van der Waals surface area (Å²) in [6.45, 7) is 0.163. The fraction of sp³-hybridized carbons (Fsp3) is 0.200. The maximum absolute atomic E-state index is 13.0. The van der Waals surface area contributed by atoms with Gasteiger partial charge in [0.05, 0.1) is 28.7 Å². The number of aromatic nitrogens is 2. The predicted molar refractivity (Wildman–Crippen MR) is 108 cm³/mol. The summed E-state index contributed by atoms with van der Waals surface area (Å²) in [5.41, 5.74) is 1.44. The molecule has 0 saturated carbocycles. The molecule has 1 amide bonds. The average Bonchev–Trinajstić information content (AvgIpc) is 3.17. The van der Waals surface area contributed by atoms with Gasteiger partial charge in [0.1, 0.15) is 5.82 Å². The molecule has 0 radical (unpaired) electrons. The second-order valence-corrected chi connectivity index (χ2v) is 8.49. The second kappa shape index (κ2) is 8.97. The van der Waals surface area contributed by atoms with Gasteiger partial charge in [-0.3, -0.25) is 4.79 Å². The molecule has 29 heavy (non-hydrogen) atoms. The first-order valence-electron chi connectivity index (χ1n) is 8.98. The lowest BCUT2D eigenvalue weighted by Crippen LogP contribution is -2.28. The van der Waals surface area contributed by atoms with Crippen LogP contribution in [-0.2, 0) is 14.8 Å². The molecular weight excluding hydrogens is 395 g/mol. The van der Waals surface area contributed by atoms with Crippen LogP contribution in [0.15, 0.2) is 71.9 Å². The van der Waals surface area contributed by atoms with Gasteiger partial charge in [0, 0.05) is 20.0 Å². The zero-order valence-corrected chi connectivity index (χ0v) is 16.6. The van der Waals surface area contributed by atoms with E-state index in [1.807, 2.05) is 30.3 Å². The lowest BCUT2D eigenvalue weighted by atomic mass is 10.3. The van der Waals surface area contributed by atoms with Crippen molar-refractivity contribution in [2.45, 2.75) is 17.7 Å². The molecule has 3 aromatic rings. The Bertz CT molecular complexity index is 1070. The minimum Gasteiger partial charge on any atom is -0.323 e. The van der Waals surface area contributed by atoms with Crippen LogP contribution >= 0.6 is 0 Å². The lowest BCUT2D eigenvalue weighted by Gasteiger charge is -2.17. The molecule has 0 bridgehead atoms. The summed E-state index contributed by atoms with van der Waals surface area (Å²) in [5, 5.41) is 6.96. The number of nitrogens with zero attached hydrogens (tertiary/aromatic N) is 3. The standard InChI is InChI=1S/C20H21FN4O3S/c1-24(29(27,28)19-11-9-16(21)10-12-19)13-5-8-20(26)23-17-14-22-25(15-17)18-6-3-2-4-7-18/h2-4,6-7,9-12,14-15H,5,8,13H2,1H3,(H,23,26). The van der Waals surface area contributed by atoms with E-state index in [0.717, 1.165) is 22.1 Å². The first kappa shape index (κ1) is 20.7. The number of para-hydroxylation sites is 1. The Kier molecular flexibility index (Phi) is 6.40. The first-order chi connectivity index (χ1) is 13.9. The van der Waals surface area contributed by atoms with E-state index in [9.17, 15) is 17.6 Å². The minimum atomic E-state index is -3.72. The molecule has 0 saturated heterocycles. The number of hydrogen-bond acceptors (Lipinski definition) is 4. The molecule has 0 aliphatic rings. The molecule has 0 unspecified atom stereocenters. The number of sulfonamides is 1. The maximum Gasteiger partial charge on any atom is 0.242 e. The molecule has 0 fully saturated rings. The summed E-state index contributed by atoms with van der Waals surface area (Å²) in [7, 11) is -2.29. The van der Waals surface area contributed by atoms with E-state index < -0.39 is 15.8 Å². The number of carbonyl (C=O) groups excluding carboxylic acids is 1. The number of anilines is 1. The quantitative estimate of drug-likeness (QED) is 0.612. The Morgan fingerprint density at radius 1 is 1.14 bits per heavy atom. The van der Waals surface area contributed by atoms with Crippen molar-refractivity contribution in [2.24, 2.45) is 0 Å². The third kappa shape index (κ3) is 5.27. The molecule has 1 aromatic heterocycles. The van der Waals surface area contributed by atoms with Crippen LogP contribution < -0.4 is 5.32 Å². The summed E-state index contributed by atoms with van der Waals surface area (Å²) in [4.78, 5) is 12.2. The van der Waals surface area contributed by atoms with Crippen LogP contribution in [0.1, 0.15) is 12.8 Å². The van der Waals surface area contributed by atoms with Crippen molar-refractivity contribution in [3.05, 3.63) is 72.8 Å². The number of amides is 1. The van der Waals surface area contributed by atoms with Gasteiger partial charge in [0.2, 0.25) is 15.9 Å². The molecule has 0 atom stereocenters. The topological polar surface area (TPSA) is 84.3 Å². The first-order valence-corrected chi connectivity index (χ1v) is 10.4. The molecule has 2 aromatic carbocycles. The van der Waals surface area contributed by atoms with Crippen molar-refractivity contribution < 1.29 is 17.6 Å². The van der Waals surface area contributed by atoms with Crippen molar-refractivity contribution in [1.29, 1.82) is 0 Å². The maximum atomic E-state index is 13.0. The second-order valence-electron chi connectivity index (χ2n) is 6.44. The van der Waals surface area contributed by atoms with Gasteiger partial charge < -0.3 is 5.32 Å². The number of carbonyl (C=O) groups is 1. The lowest BCUT2D eigenvalue weighted by molar-refractivity contribution is -0.116. The average molecular weight is 416 g/mol.